The summed E-state index contributed by atoms with van der Waals surface area (Å²) < 4.78 is 2.98. The molecule has 1 aliphatic carbocycles. The second-order valence-electron chi connectivity index (χ2n) is 4.33. The molecule has 0 bridgehead atoms. The van der Waals surface area contributed by atoms with Gasteiger partial charge in [0.15, 0.2) is 0 Å². The number of hydrogen-bond acceptors (Lipinski definition) is 2. The molecule has 0 atom stereocenters. The fourth-order valence-electron chi connectivity index (χ4n) is 2.46. The molecule has 3 nitrogen and oxygen atoms in total. The van der Waals surface area contributed by atoms with Gasteiger partial charge in [0.2, 0.25) is 5.78 Å². The van der Waals surface area contributed by atoms with Crippen molar-refractivity contribution < 1.29 is 0 Å². The summed E-state index contributed by atoms with van der Waals surface area (Å²) in [6.45, 7) is 0. The molecular weight excluding hydrogens is 314 g/mol. The number of fused-ring (bicyclic) bond motifs is 5. The number of aromatic nitrogens is 3. The topological polar surface area (TPSA) is 30.2 Å². The maximum absolute atomic E-state index is 6.03. The summed E-state index contributed by atoms with van der Waals surface area (Å²) in [6, 6.07) is 5.95. The molecule has 2 aromatic heterocycles. The van der Waals surface area contributed by atoms with Crippen molar-refractivity contribution in [1.29, 1.82) is 0 Å². The van der Waals surface area contributed by atoms with Crippen LogP contribution in [0, 0.1) is 0 Å². The van der Waals surface area contributed by atoms with Crippen LogP contribution in [0.25, 0.3) is 17.0 Å². The highest BCUT2D eigenvalue weighted by atomic mass is 79.9. The van der Waals surface area contributed by atoms with Gasteiger partial charge < -0.3 is 0 Å². The SMILES string of the molecule is Clc1ccc2c(c1)Cc1c-2nc2ncc(Br)cn12. The smallest absolute Gasteiger partial charge is 0.234 e. The summed E-state index contributed by atoms with van der Waals surface area (Å²) in [6.07, 6.45) is 4.62. The van der Waals surface area contributed by atoms with Crippen LogP contribution in [0.15, 0.2) is 35.1 Å². The van der Waals surface area contributed by atoms with Crippen LogP contribution < -0.4 is 0 Å². The maximum atomic E-state index is 6.03. The first-order valence-corrected chi connectivity index (χ1v) is 6.71. The lowest BCUT2D eigenvalue weighted by Crippen LogP contribution is -1.93. The van der Waals surface area contributed by atoms with Crippen molar-refractivity contribution in [3.05, 3.63) is 51.3 Å². The Morgan fingerprint density at radius 3 is 3.11 bits per heavy atom. The monoisotopic (exact) mass is 319 g/mol. The molecule has 0 radical (unpaired) electrons. The molecule has 0 amide bonds. The molecule has 5 heteroatoms. The van der Waals surface area contributed by atoms with Gasteiger partial charge in [0, 0.05) is 29.4 Å². The Morgan fingerprint density at radius 1 is 1.33 bits per heavy atom. The van der Waals surface area contributed by atoms with Crippen molar-refractivity contribution >= 4 is 33.3 Å². The Balaban J connectivity index is 2.04. The first kappa shape index (κ1) is 10.5. The van der Waals surface area contributed by atoms with Gasteiger partial charge in [0.05, 0.1) is 15.9 Å². The Labute approximate surface area is 117 Å². The van der Waals surface area contributed by atoms with Crippen molar-refractivity contribution in [3.63, 3.8) is 0 Å². The molecule has 88 valence electrons. The normalized spacial score (nSPS) is 12.8. The predicted octanol–water partition coefficient (Wildman–Crippen LogP) is 3.72. The van der Waals surface area contributed by atoms with E-state index < -0.39 is 0 Å². The van der Waals surface area contributed by atoms with Crippen LogP contribution in [0.4, 0.5) is 0 Å². The summed E-state index contributed by atoms with van der Waals surface area (Å²) in [4.78, 5) is 8.91. The third kappa shape index (κ3) is 1.36. The van der Waals surface area contributed by atoms with E-state index >= 15 is 0 Å². The average Bonchev–Trinajstić information content (AvgIpc) is 2.84. The molecule has 0 saturated heterocycles. The van der Waals surface area contributed by atoms with Gasteiger partial charge in [-0.3, -0.25) is 4.40 Å². The van der Waals surface area contributed by atoms with E-state index in [9.17, 15) is 0 Å². The van der Waals surface area contributed by atoms with E-state index in [0.29, 0.717) is 0 Å². The minimum atomic E-state index is 0.740. The standard InChI is InChI=1S/C13H7BrClN3/c14-8-5-16-13-17-12-10-2-1-9(15)3-7(10)4-11(12)18(13)6-8/h1-3,5-6H,4H2. The summed E-state index contributed by atoms with van der Waals surface area (Å²) in [7, 11) is 0. The van der Waals surface area contributed by atoms with Crippen molar-refractivity contribution in [3.8, 4) is 11.3 Å². The molecular formula is C13H7BrClN3. The zero-order chi connectivity index (χ0) is 12.3. The molecule has 4 rings (SSSR count). The molecule has 0 saturated carbocycles. The Kier molecular flexibility index (Phi) is 2.08. The maximum Gasteiger partial charge on any atom is 0.234 e. The van der Waals surface area contributed by atoms with Gasteiger partial charge >= 0.3 is 0 Å². The van der Waals surface area contributed by atoms with E-state index in [2.05, 4.69) is 25.9 Å². The van der Waals surface area contributed by atoms with Crippen molar-refractivity contribution in [2.75, 3.05) is 0 Å². The number of imidazole rings is 1. The predicted molar refractivity (Wildman–Crippen MR) is 73.9 cm³/mol. The number of halogens is 2. The van der Waals surface area contributed by atoms with Gasteiger partial charge in [-0.15, -0.1) is 0 Å². The van der Waals surface area contributed by atoms with Gasteiger partial charge in [-0.1, -0.05) is 17.7 Å². The highest BCUT2D eigenvalue weighted by Crippen LogP contribution is 2.37. The van der Waals surface area contributed by atoms with E-state index in [-0.39, 0.29) is 0 Å². The fraction of sp³-hybridized carbons (Fsp3) is 0.0769. The van der Waals surface area contributed by atoms with E-state index in [1.165, 1.54) is 11.3 Å². The van der Waals surface area contributed by atoms with E-state index in [4.69, 9.17) is 11.6 Å². The third-order valence-corrected chi connectivity index (χ3v) is 3.87. The summed E-state index contributed by atoms with van der Waals surface area (Å²) in [5.74, 6) is 0.740. The van der Waals surface area contributed by atoms with Crippen LogP contribution in [0.3, 0.4) is 0 Å². The first-order chi connectivity index (χ1) is 8.72. The fourth-order valence-corrected chi connectivity index (χ4v) is 2.96. The molecule has 0 N–H and O–H groups in total. The second kappa shape index (κ2) is 3.56. The molecule has 0 aliphatic heterocycles. The molecule has 0 spiro atoms. The summed E-state index contributed by atoms with van der Waals surface area (Å²) in [5.41, 5.74) is 4.59. The van der Waals surface area contributed by atoms with E-state index in [0.717, 1.165) is 33.0 Å². The van der Waals surface area contributed by atoms with Crippen molar-refractivity contribution in [1.82, 2.24) is 14.4 Å². The molecule has 18 heavy (non-hydrogen) atoms. The zero-order valence-corrected chi connectivity index (χ0v) is 11.5. The highest BCUT2D eigenvalue weighted by Gasteiger charge is 2.24. The molecule has 1 aliphatic rings. The zero-order valence-electron chi connectivity index (χ0n) is 9.19. The van der Waals surface area contributed by atoms with Crippen LogP contribution >= 0.6 is 27.5 Å². The largest absolute Gasteiger partial charge is 0.286 e. The van der Waals surface area contributed by atoms with Crippen molar-refractivity contribution in [2.24, 2.45) is 0 Å². The molecule has 0 fully saturated rings. The van der Waals surface area contributed by atoms with E-state index in [1.54, 1.807) is 6.20 Å². The Bertz CT molecular complexity index is 794. The van der Waals surface area contributed by atoms with Gasteiger partial charge in [-0.25, -0.2) is 9.97 Å². The van der Waals surface area contributed by atoms with Gasteiger partial charge in [-0.2, -0.15) is 0 Å². The molecule has 2 heterocycles. The third-order valence-electron chi connectivity index (χ3n) is 3.23. The lowest BCUT2D eigenvalue weighted by molar-refractivity contribution is 1.01. The molecule has 3 aromatic rings. The van der Waals surface area contributed by atoms with Gasteiger partial charge in [0.25, 0.3) is 0 Å². The van der Waals surface area contributed by atoms with Crippen LogP contribution in [0.5, 0.6) is 0 Å². The Morgan fingerprint density at radius 2 is 2.22 bits per heavy atom. The van der Waals surface area contributed by atoms with Crippen LogP contribution in [0.2, 0.25) is 5.02 Å². The second-order valence-corrected chi connectivity index (χ2v) is 5.68. The van der Waals surface area contributed by atoms with Gasteiger partial charge in [-0.05, 0) is 33.6 Å². The lowest BCUT2D eigenvalue weighted by atomic mass is 10.1. The highest BCUT2D eigenvalue weighted by molar-refractivity contribution is 9.10. The quantitative estimate of drug-likeness (QED) is 0.494. The number of rotatable bonds is 0. The minimum Gasteiger partial charge on any atom is -0.286 e. The lowest BCUT2D eigenvalue weighted by Gasteiger charge is -2.00. The van der Waals surface area contributed by atoms with E-state index in [1.807, 2.05) is 28.8 Å². The number of benzene rings is 1. The molecule has 1 aromatic carbocycles. The summed E-state index contributed by atoms with van der Waals surface area (Å²) >= 11 is 9.47. The Hall–Kier alpha value is -1.39. The number of hydrogen-bond donors (Lipinski definition) is 0. The molecule has 0 unspecified atom stereocenters. The van der Waals surface area contributed by atoms with Crippen LogP contribution in [0.1, 0.15) is 11.3 Å². The summed E-state index contributed by atoms with van der Waals surface area (Å²) in [5, 5.41) is 0.771. The van der Waals surface area contributed by atoms with Crippen molar-refractivity contribution in [2.45, 2.75) is 6.42 Å². The average molecular weight is 321 g/mol. The van der Waals surface area contributed by atoms with Crippen LogP contribution in [-0.2, 0) is 6.42 Å². The van der Waals surface area contributed by atoms with Crippen LogP contribution in [-0.4, -0.2) is 14.4 Å². The minimum absolute atomic E-state index is 0.740. The first-order valence-electron chi connectivity index (χ1n) is 5.53. The van der Waals surface area contributed by atoms with Gasteiger partial charge in [0.1, 0.15) is 0 Å². The number of nitrogens with zero attached hydrogens (tertiary/aromatic N) is 3.